The molecule has 3 aromatic rings. The maximum atomic E-state index is 13.2. The number of nitrogen functional groups attached to an aromatic ring is 1. The number of aryl methyl sites for hydroxylation is 1. The zero-order valence-corrected chi connectivity index (χ0v) is 11.0. The van der Waals surface area contributed by atoms with Crippen LogP contribution in [0, 0.1) is 5.82 Å². The molecule has 0 spiro atoms. The van der Waals surface area contributed by atoms with E-state index >= 15 is 0 Å². The number of anilines is 1. The second-order valence-electron chi connectivity index (χ2n) is 4.60. The molecule has 0 fully saturated rings. The van der Waals surface area contributed by atoms with Gasteiger partial charge in [-0.15, -0.1) is 0 Å². The average Bonchev–Trinajstić information content (AvgIpc) is 2.95. The Morgan fingerprint density at radius 3 is 2.85 bits per heavy atom. The van der Waals surface area contributed by atoms with Gasteiger partial charge in [0.25, 0.3) is 0 Å². The lowest BCUT2D eigenvalue weighted by molar-refractivity contribution is 0.619. The van der Waals surface area contributed by atoms with Gasteiger partial charge in [-0.1, -0.05) is 12.1 Å². The molecule has 0 bridgehead atoms. The van der Waals surface area contributed by atoms with Crippen molar-refractivity contribution in [2.45, 2.75) is 6.54 Å². The Hall–Kier alpha value is -2.63. The predicted octanol–water partition coefficient (Wildman–Crippen LogP) is 2.05. The highest BCUT2D eigenvalue weighted by Crippen LogP contribution is 2.23. The van der Waals surface area contributed by atoms with E-state index in [9.17, 15) is 4.39 Å². The van der Waals surface area contributed by atoms with Crippen LogP contribution in [0.3, 0.4) is 0 Å². The first-order chi connectivity index (χ1) is 9.63. The molecule has 0 radical (unpaired) electrons. The fourth-order valence-corrected chi connectivity index (χ4v) is 2.15. The van der Waals surface area contributed by atoms with Gasteiger partial charge in [0.15, 0.2) is 0 Å². The van der Waals surface area contributed by atoms with E-state index in [0.717, 1.165) is 11.3 Å². The van der Waals surface area contributed by atoms with Crippen molar-refractivity contribution in [1.29, 1.82) is 0 Å². The van der Waals surface area contributed by atoms with E-state index in [4.69, 9.17) is 5.73 Å². The molecule has 20 heavy (non-hydrogen) atoms. The van der Waals surface area contributed by atoms with Crippen molar-refractivity contribution in [1.82, 2.24) is 19.6 Å². The van der Waals surface area contributed by atoms with Crippen LogP contribution >= 0.6 is 0 Å². The fourth-order valence-electron chi connectivity index (χ4n) is 2.15. The number of hydrogen-bond acceptors (Lipinski definition) is 3. The number of nitrogens with zero attached hydrogens (tertiary/aromatic N) is 4. The van der Waals surface area contributed by atoms with Gasteiger partial charge in [0.1, 0.15) is 11.5 Å². The van der Waals surface area contributed by atoms with E-state index < -0.39 is 0 Å². The van der Waals surface area contributed by atoms with E-state index in [-0.39, 0.29) is 5.82 Å². The summed E-state index contributed by atoms with van der Waals surface area (Å²) in [4.78, 5) is 0. The third-order valence-electron chi connectivity index (χ3n) is 3.09. The van der Waals surface area contributed by atoms with Crippen molar-refractivity contribution in [2.75, 3.05) is 5.73 Å². The zero-order valence-electron chi connectivity index (χ0n) is 11.0. The Bertz CT molecular complexity index is 744. The molecule has 102 valence electrons. The molecule has 2 aromatic heterocycles. The van der Waals surface area contributed by atoms with Crippen molar-refractivity contribution in [3.63, 3.8) is 0 Å². The lowest BCUT2D eigenvalue weighted by Crippen LogP contribution is -2.01. The van der Waals surface area contributed by atoms with Crippen LogP contribution in [-0.4, -0.2) is 19.6 Å². The van der Waals surface area contributed by atoms with Crippen molar-refractivity contribution in [3.8, 4) is 11.4 Å². The van der Waals surface area contributed by atoms with E-state index in [1.807, 2.05) is 19.2 Å². The topological polar surface area (TPSA) is 61.7 Å². The van der Waals surface area contributed by atoms with Crippen LogP contribution in [0.15, 0.2) is 42.7 Å². The predicted molar refractivity (Wildman–Crippen MR) is 74.3 cm³/mol. The second-order valence-corrected chi connectivity index (χ2v) is 4.60. The van der Waals surface area contributed by atoms with Crippen LogP contribution in [0.1, 0.15) is 5.56 Å². The average molecular weight is 271 g/mol. The summed E-state index contributed by atoms with van der Waals surface area (Å²) in [5.74, 6) is -0.255. The maximum Gasteiger partial charge on any atom is 0.133 e. The number of hydrogen-bond donors (Lipinski definition) is 1. The van der Waals surface area contributed by atoms with Crippen molar-refractivity contribution in [3.05, 3.63) is 54.1 Å². The number of nitrogens with two attached hydrogens (primary N) is 1. The zero-order chi connectivity index (χ0) is 14.1. The summed E-state index contributed by atoms with van der Waals surface area (Å²) in [5, 5.41) is 8.55. The molecule has 1 aromatic carbocycles. The molecule has 0 unspecified atom stereocenters. The van der Waals surface area contributed by atoms with Crippen molar-refractivity contribution >= 4 is 5.69 Å². The molecule has 0 atom stereocenters. The smallest absolute Gasteiger partial charge is 0.133 e. The van der Waals surface area contributed by atoms with Gasteiger partial charge < -0.3 is 5.73 Å². The summed E-state index contributed by atoms with van der Waals surface area (Å²) in [6.07, 6.45) is 3.44. The van der Waals surface area contributed by atoms with E-state index in [1.165, 1.54) is 12.1 Å². The monoisotopic (exact) mass is 271 g/mol. The first-order valence-electron chi connectivity index (χ1n) is 6.19. The summed E-state index contributed by atoms with van der Waals surface area (Å²) < 4.78 is 16.6. The van der Waals surface area contributed by atoms with Crippen molar-refractivity contribution < 1.29 is 4.39 Å². The van der Waals surface area contributed by atoms with Crippen LogP contribution in [0.5, 0.6) is 0 Å². The molecule has 0 saturated carbocycles. The van der Waals surface area contributed by atoms with Gasteiger partial charge in [0.05, 0.1) is 17.9 Å². The van der Waals surface area contributed by atoms with Gasteiger partial charge in [-0.2, -0.15) is 10.2 Å². The van der Waals surface area contributed by atoms with E-state index in [0.29, 0.717) is 17.9 Å². The highest BCUT2D eigenvalue weighted by molar-refractivity contribution is 5.69. The number of halogens is 1. The molecule has 0 amide bonds. The molecule has 3 rings (SSSR count). The standard InChI is InChI=1S/C14H14FN5/c1-19-13(5-6-17-19)14-12(16)9-20(18-14)8-10-3-2-4-11(15)7-10/h2-7,9H,8,16H2,1H3. The summed E-state index contributed by atoms with van der Waals surface area (Å²) >= 11 is 0. The summed E-state index contributed by atoms with van der Waals surface area (Å²) in [7, 11) is 1.83. The molecule has 5 nitrogen and oxygen atoms in total. The first kappa shape index (κ1) is 12.4. The summed E-state index contributed by atoms with van der Waals surface area (Å²) in [6, 6.07) is 8.29. The molecule has 0 aliphatic rings. The SMILES string of the molecule is Cn1nccc1-c1nn(Cc2cccc(F)c2)cc1N. The minimum Gasteiger partial charge on any atom is -0.396 e. The normalized spacial score (nSPS) is 10.9. The third kappa shape index (κ3) is 2.27. The molecule has 2 heterocycles. The summed E-state index contributed by atoms with van der Waals surface area (Å²) in [6.45, 7) is 0.472. The Morgan fingerprint density at radius 2 is 2.15 bits per heavy atom. The van der Waals surface area contributed by atoms with Crippen LogP contribution in [0.25, 0.3) is 11.4 Å². The Balaban J connectivity index is 1.91. The molecule has 6 heteroatoms. The quantitative estimate of drug-likeness (QED) is 0.793. The van der Waals surface area contributed by atoms with Gasteiger partial charge >= 0.3 is 0 Å². The van der Waals surface area contributed by atoms with E-state index in [2.05, 4.69) is 10.2 Å². The minimum atomic E-state index is -0.255. The Labute approximate surface area is 115 Å². The molecular formula is C14H14FN5. The Kier molecular flexibility index (Phi) is 2.98. The molecular weight excluding hydrogens is 257 g/mol. The van der Waals surface area contributed by atoms with Gasteiger partial charge in [-0.25, -0.2) is 4.39 Å². The lowest BCUT2D eigenvalue weighted by atomic mass is 10.2. The molecule has 2 N–H and O–H groups in total. The third-order valence-corrected chi connectivity index (χ3v) is 3.09. The van der Waals surface area contributed by atoms with E-state index in [1.54, 1.807) is 27.8 Å². The molecule has 0 saturated heterocycles. The fraction of sp³-hybridized carbons (Fsp3) is 0.143. The lowest BCUT2D eigenvalue weighted by Gasteiger charge is -2.02. The maximum absolute atomic E-state index is 13.2. The number of aromatic nitrogens is 4. The minimum absolute atomic E-state index is 0.255. The summed E-state index contributed by atoms with van der Waals surface area (Å²) in [5.41, 5.74) is 8.93. The van der Waals surface area contributed by atoms with Crippen LogP contribution in [-0.2, 0) is 13.6 Å². The van der Waals surface area contributed by atoms with Gasteiger partial charge in [0.2, 0.25) is 0 Å². The number of benzene rings is 1. The molecule has 0 aliphatic heterocycles. The highest BCUT2D eigenvalue weighted by Gasteiger charge is 2.12. The van der Waals surface area contributed by atoms with Gasteiger partial charge in [-0.05, 0) is 23.8 Å². The van der Waals surface area contributed by atoms with Gasteiger partial charge in [0, 0.05) is 19.4 Å². The highest BCUT2D eigenvalue weighted by atomic mass is 19.1. The van der Waals surface area contributed by atoms with Gasteiger partial charge in [-0.3, -0.25) is 9.36 Å². The Morgan fingerprint density at radius 1 is 1.30 bits per heavy atom. The molecule has 0 aliphatic carbocycles. The van der Waals surface area contributed by atoms with Crippen LogP contribution < -0.4 is 5.73 Å². The van der Waals surface area contributed by atoms with Crippen molar-refractivity contribution in [2.24, 2.45) is 7.05 Å². The second kappa shape index (κ2) is 4.80. The largest absolute Gasteiger partial charge is 0.396 e. The number of rotatable bonds is 3. The van der Waals surface area contributed by atoms with Crippen LogP contribution in [0.4, 0.5) is 10.1 Å². The first-order valence-corrected chi connectivity index (χ1v) is 6.19. The van der Waals surface area contributed by atoms with Crippen LogP contribution in [0.2, 0.25) is 0 Å².